The first kappa shape index (κ1) is 20.0. The molecule has 0 aliphatic carbocycles. The first-order chi connectivity index (χ1) is 13.4. The standard InChI is InChI=1S/C19H20N2O6S/c22-19(27-17-6-4-5-16(14-17)21(23)24)13-15-7-9-18(10-8-15)28(25,26)20-11-2-1-3-12-20/h4-10,14H,1-3,11-13H2. The summed E-state index contributed by atoms with van der Waals surface area (Å²) >= 11 is 0. The number of rotatable bonds is 6. The van der Waals surface area contributed by atoms with Crippen molar-refractivity contribution in [3.63, 3.8) is 0 Å². The topological polar surface area (TPSA) is 107 Å². The van der Waals surface area contributed by atoms with Crippen molar-refractivity contribution >= 4 is 21.7 Å². The van der Waals surface area contributed by atoms with Crippen molar-refractivity contribution in [2.24, 2.45) is 0 Å². The molecule has 1 fully saturated rings. The van der Waals surface area contributed by atoms with Gasteiger partial charge in [0.1, 0.15) is 5.75 Å². The molecule has 9 heteroatoms. The average Bonchev–Trinajstić information content (AvgIpc) is 2.69. The molecule has 0 atom stereocenters. The first-order valence-electron chi connectivity index (χ1n) is 8.90. The van der Waals surface area contributed by atoms with Gasteiger partial charge in [-0.2, -0.15) is 4.31 Å². The molecular weight excluding hydrogens is 384 g/mol. The Morgan fingerprint density at radius 3 is 2.39 bits per heavy atom. The molecule has 148 valence electrons. The van der Waals surface area contributed by atoms with Crippen LogP contribution in [0.2, 0.25) is 0 Å². The van der Waals surface area contributed by atoms with Crippen LogP contribution in [0.25, 0.3) is 0 Å². The highest BCUT2D eigenvalue weighted by Crippen LogP contribution is 2.22. The van der Waals surface area contributed by atoms with Crippen LogP contribution < -0.4 is 4.74 Å². The fourth-order valence-electron chi connectivity index (χ4n) is 3.03. The lowest BCUT2D eigenvalue weighted by atomic mass is 10.1. The summed E-state index contributed by atoms with van der Waals surface area (Å²) in [6.45, 7) is 1.05. The Balaban J connectivity index is 1.64. The van der Waals surface area contributed by atoms with Gasteiger partial charge in [-0.1, -0.05) is 24.6 Å². The van der Waals surface area contributed by atoms with Gasteiger partial charge in [0.15, 0.2) is 0 Å². The molecule has 8 nitrogen and oxygen atoms in total. The molecule has 0 unspecified atom stereocenters. The van der Waals surface area contributed by atoms with Crippen LogP contribution in [0.1, 0.15) is 24.8 Å². The number of nitro benzene ring substituents is 1. The van der Waals surface area contributed by atoms with Crippen LogP contribution in [-0.4, -0.2) is 36.7 Å². The molecule has 0 saturated carbocycles. The fourth-order valence-corrected chi connectivity index (χ4v) is 4.55. The van der Waals surface area contributed by atoms with Crippen molar-refractivity contribution in [2.45, 2.75) is 30.6 Å². The molecule has 3 rings (SSSR count). The Labute approximate surface area is 162 Å². The Bertz CT molecular complexity index is 966. The number of sulfonamides is 1. The maximum atomic E-state index is 12.6. The highest BCUT2D eigenvalue weighted by molar-refractivity contribution is 7.89. The largest absolute Gasteiger partial charge is 0.426 e. The maximum absolute atomic E-state index is 12.6. The SMILES string of the molecule is O=C(Cc1ccc(S(=O)(=O)N2CCCCC2)cc1)Oc1cccc([N+](=O)[O-])c1. The third-order valence-corrected chi connectivity index (χ3v) is 6.40. The van der Waals surface area contributed by atoms with Gasteiger partial charge in [0.2, 0.25) is 10.0 Å². The van der Waals surface area contributed by atoms with Crippen LogP contribution in [0.5, 0.6) is 5.75 Å². The Kier molecular flexibility index (Phi) is 6.05. The van der Waals surface area contributed by atoms with Gasteiger partial charge >= 0.3 is 5.97 Å². The minimum Gasteiger partial charge on any atom is -0.426 e. The van der Waals surface area contributed by atoms with Crippen LogP contribution in [0, 0.1) is 10.1 Å². The number of piperidine rings is 1. The molecule has 0 bridgehead atoms. The van der Waals surface area contributed by atoms with Crippen molar-refractivity contribution in [3.8, 4) is 5.75 Å². The second-order valence-corrected chi connectivity index (χ2v) is 8.45. The number of nitrogens with zero attached hydrogens (tertiary/aromatic N) is 2. The van der Waals surface area contributed by atoms with Crippen molar-refractivity contribution < 1.29 is 22.9 Å². The highest BCUT2D eigenvalue weighted by Gasteiger charge is 2.25. The molecule has 0 radical (unpaired) electrons. The second-order valence-electron chi connectivity index (χ2n) is 6.51. The van der Waals surface area contributed by atoms with E-state index in [1.165, 1.54) is 40.7 Å². The number of carbonyl (C=O) groups excluding carboxylic acids is 1. The zero-order valence-electron chi connectivity index (χ0n) is 15.1. The van der Waals surface area contributed by atoms with Gasteiger partial charge < -0.3 is 4.74 Å². The third-order valence-electron chi connectivity index (χ3n) is 4.48. The molecule has 0 aromatic heterocycles. The number of esters is 1. The van der Waals surface area contributed by atoms with E-state index < -0.39 is 20.9 Å². The van der Waals surface area contributed by atoms with Gasteiger partial charge in [-0.15, -0.1) is 0 Å². The molecule has 0 spiro atoms. The van der Waals surface area contributed by atoms with E-state index in [1.54, 1.807) is 12.1 Å². The molecule has 28 heavy (non-hydrogen) atoms. The zero-order valence-corrected chi connectivity index (χ0v) is 15.9. The van der Waals surface area contributed by atoms with Crippen molar-refractivity contribution in [2.75, 3.05) is 13.1 Å². The molecule has 1 aliphatic rings. The summed E-state index contributed by atoms with van der Waals surface area (Å²) in [6.07, 6.45) is 2.69. The van der Waals surface area contributed by atoms with E-state index in [0.29, 0.717) is 18.7 Å². The van der Waals surface area contributed by atoms with Crippen LogP contribution in [-0.2, 0) is 21.2 Å². The van der Waals surface area contributed by atoms with E-state index in [-0.39, 0.29) is 22.8 Å². The normalized spacial score (nSPS) is 15.1. The summed E-state index contributed by atoms with van der Waals surface area (Å²) in [5, 5.41) is 10.8. The Hall–Kier alpha value is -2.78. The molecular formula is C19H20N2O6S. The lowest BCUT2D eigenvalue weighted by Crippen LogP contribution is -2.35. The molecule has 0 N–H and O–H groups in total. The van der Waals surface area contributed by atoms with Gasteiger partial charge in [-0.05, 0) is 36.6 Å². The summed E-state index contributed by atoms with van der Waals surface area (Å²) in [5.41, 5.74) is 0.422. The number of carbonyl (C=O) groups is 1. The summed E-state index contributed by atoms with van der Waals surface area (Å²) in [5.74, 6) is -0.504. The van der Waals surface area contributed by atoms with E-state index >= 15 is 0 Å². The molecule has 1 saturated heterocycles. The number of ether oxygens (including phenoxy) is 1. The monoisotopic (exact) mass is 404 g/mol. The number of non-ortho nitro benzene ring substituents is 1. The summed E-state index contributed by atoms with van der Waals surface area (Å²) in [4.78, 5) is 22.5. The Morgan fingerprint density at radius 1 is 1.07 bits per heavy atom. The summed E-state index contributed by atoms with van der Waals surface area (Å²) < 4.78 is 31.9. The molecule has 1 heterocycles. The third kappa shape index (κ3) is 4.73. The molecule has 2 aromatic carbocycles. The quantitative estimate of drug-likeness (QED) is 0.317. The molecule has 1 aliphatic heterocycles. The van der Waals surface area contributed by atoms with E-state index in [0.717, 1.165) is 19.3 Å². The van der Waals surface area contributed by atoms with Gasteiger partial charge in [-0.25, -0.2) is 8.42 Å². The second kappa shape index (κ2) is 8.49. The highest BCUT2D eigenvalue weighted by atomic mass is 32.2. The molecule has 2 aromatic rings. The van der Waals surface area contributed by atoms with E-state index in [4.69, 9.17) is 4.74 Å². The number of nitro groups is 1. The van der Waals surface area contributed by atoms with Gasteiger partial charge in [0.05, 0.1) is 22.3 Å². The van der Waals surface area contributed by atoms with Crippen LogP contribution in [0.3, 0.4) is 0 Å². The van der Waals surface area contributed by atoms with E-state index in [9.17, 15) is 23.3 Å². The first-order valence-corrected chi connectivity index (χ1v) is 10.3. The molecule has 0 amide bonds. The van der Waals surface area contributed by atoms with Gasteiger partial charge in [0.25, 0.3) is 5.69 Å². The van der Waals surface area contributed by atoms with Crippen LogP contribution >= 0.6 is 0 Å². The number of benzene rings is 2. The lowest BCUT2D eigenvalue weighted by Gasteiger charge is -2.25. The van der Waals surface area contributed by atoms with Crippen molar-refractivity contribution in [3.05, 3.63) is 64.2 Å². The average molecular weight is 404 g/mol. The lowest BCUT2D eigenvalue weighted by molar-refractivity contribution is -0.384. The minimum atomic E-state index is -3.52. The van der Waals surface area contributed by atoms with Crippen molar-refractivity contribution in [1.29, 1.82) is 0 Å². The smallest absolute Gasteiger partial charge is 0.315 e. The van der Waals surface area contributed by atoms with Crippen LogP contribution in [0.15, 0.2) is 53.4 Å². The van der Waals surface area contributed by atoms with E-state index in [1.807, 2.05) is 0 Å². The Morgan fingerprint density at radius 2 is 1.75 bits per heavy atom. The number of hydrogen-bond acceptors (Lipinski definition) is 6. The summed E-state index contributed by atoms with van der Waals surface area (Å²) in [6, 6.07) is 11.5. The number of hydrogen-bond donors (Lipinski definition) is 0. The van der Waals surface area contributed by atoms with Gasteiger partial charge in [0, 0.05) is 19.2 Å². The predicted octanol–water partition coefficient (Wildman–Crippen LogP) is 2.92. The minimum absolute atomic E-state index is 0.0767. The van der Waals surface area contributed by atoms with Gasteiger partial charge in [-0.3, -0.25) is 14.9 Å². The zero-order chi connectivity index (χ0) is 20.1. The van der Waals surface area contributed by atoms with E-state index in [2.05, 4.69) is 0 Å². The fraction of sp³-hybridized carbons (Fsp3) is 0.316. The van der Waals surface area contributed by atoms with Crippen LogP contribution in [0.4, 0.5) is 5.69 Å². The predicted molar refractivity (Wildman–Crippen MR) is 101 cm³/mol. The summed E-state index contributed by atoms with van der Waals surface area (Å²) in [7, 11) is -3.52. The van der Waals surface area contributed by atoms with Crippen molar-refractivity contribution in [1.82, 2.24) is 4.31 Å². The maximum Gasteiger partial charge on any atom is 0.315 e.